The Hall–Kier alpha value is -1.09. The zero-order valence-corrected chi connectivity index (χ0v) is 12.3. The molecule has 0 saturated carbocycles. The molecule has 0 bridgehead atoms. The number of hydrogen-bond acceptors (Lipinski definition) is 4. The summed E-state index contributed by atoms with van der Waals surface area (Å²) in [5.74, 6) is 2.88. The normalized spacial score (nSPS) is 23.3. The Morgan fingerprint density at radius 3 is 2.60 bits per heavy atom. The van der Waals surface area contributed by atoms with Crippen LogP contribution in [0.3, 0.4) is 0 Å². The van der Waals surface area contributed by atoms with Gasteiger partial charge in [0.05, 0.1) is 25.8 Å². The Bertz CT molecular complexity index is 353. The van der Waals surface area contributed by atoms with Crippen molar-refractivity contribution in [2.75, 3.05) is 45.9 Å². The van der Waals surface area contributed by atoms with Crippen molar-refractivity contribution in [1.82, 2.24) is 15.1 Å². The molecule has 2 aliphatic heterocycles. The molecule has 0 spiro atoms. The monoisotopic (exact) mass is 279 g/mol. The third-order valence-electron chi connectivity index (χ3n) is 4.08. The molecule has 2 heterocycles. The second-order valence-electron chi connectivity index (χ2n) is 5.58. The lowest BCUT2D eigenvalue weighted by molar-refractivity contribution is -0.137. The number of likely N-dealkylation sites (tertiary alicyclic amines) is 1. The summed E-state index contributed by atoms with van der Waals surface area (Å²) < 4.78 is 5.28. The zero-order chi connectivity index (χ0) is 14.4. The standard InChI is InChI=1S/C15H25N3O2/c1-3-6-17-7-4-14(5-8-17)16-13(2)15(19)18-9-11-20-12-10-18/h1,13-14,16H,4-12H2,2H3. The predicted octanol–water partition coefficient (Wildman–Crippen LogP) is -0.0791. The number of ether oxygens (including phenoxy) is 1. The fraction of sp³-hybridized carbons (Fsp3) is 0.800. The fourth-order valence-electron chi connectivity index (χ4n) is 2.87. The van der Waals surface area contributed by atoms with Crippen LogP contribution in [-0.4, -0.2) is 73.7 Å². The molecular weight excluding hydrogens is 254 g/mol. The lowest BCUT2D eigenvalue weighted by Crippen LogP contribution is -2.53. The number of nitrogens with zero attached hydrogens (tertiary/aromatic N) is 2. The van der Waals surface area contributed by atoms with Gasteiger partial charge in [0.25, 0.3) is 0 Å². The third-order valence-corrected chi connectivity index (χ3v) is 4.08. The molecule has 5 nitrogen and oxygen atoms in total. The minimum absolute atomic E-state index is 0.114. The zero-order valence-electron chi connectivity index (χ0n) is 12.3. The van der Waals surface area contributed by atoms with Gasteiger partial charge in [0.1, 0.15) is 0 Å². The first-order chi connectivity index (χ1) is 9.70. The Morgan fingerprint density at radius 2 is 2.00 bits per heavy atom. The van der Waals surface area contributed by atoms with Crippen molar-refractivity contribution >= 4 is 5.91 Å². The van der Waals surface area contributed by atoms with E-state index < -0.39 is 0 Å². The maximum absolute atomic E-state index is 12.3. The summed E-state index contributed by atoms with van der Waals surface area (Å²) in [6.45, 7) is 7.46. The Labute approximate surface area is 121 Å². The molecule has 2 fully saturated rings. The Morgan fingerprint density at radius 1 is 1.35 bits per heavy atom. The number of carbonyl (C=O) groups excluding carboxylic acids is 1. The number of carbonyl (C=O) groups is 1. The maximum Gasteiger partial charge on any atom is 0.239 e. The van der Waals surface area contributed by atoms with E-state index in [4.69, 9.17) is 11.2 Å². The highest BCUT2D eigenvalue weighted by Gasteiger charge is 2.26. The molecule has 0 aromatic rings. The second kappa shape index (κ2) is 7.63. The Kier molecular flexibility index (Phi) is 5.84. The molecule has 2 aliphatic rings. The van der Waals surface area contributed by atoms with Gasteiger partial charge in [-0.1, -0.05) is 5.92 Å². The van der Waals surface area contributed by atoms with Crippen molar-refractivity contribution in [2.45, 2.75) is 31.8 Å². The average molecular weight is 279 g/mol. The van der Waals surface area contributed by atoms with Crippen LogP contribution in [0.4, 0.5) is 0 Å². The molecule has 0 aromatic carbocycles. The number of nitrogens with one attached hydrogen (secondary N) is 1. The van der Waals surface area contributed by atoms with Gasteiger partial charge in [-0.3, -0.25) is 9.69 Å². The van der Waals surface area contributed by atoms with E-state index in [1.807, 2.05) is 11.8 Å². The summed E-state index contributed by atoms with van der Waals surface area (Å²) in [7, 11) is 0. The Balaban J connectivity index is 1.73. The van der Waals surface area contributed by atoms with Crippen molar-refractivity contribution in [2.24, 2.45) is 0 Å². The van der Waals surface area contributed by atoms with Crippen LogP contribution in [0.2, 0.25) is 0 Å². The quantitative estimate of drug-likeness (QED) is 0.731. The van der Waals surface area contributed by atoms with Crippen molar-refractivity contribution < 1.29 is 9.53 Å². The average Bonchev–Trinajstić information content (AvgIpc) is 2.49. The van der Waals surface area contributed by atoms with Gasteiger partial charge in [0, 0.05) is 32.2 Å². The van der Waals surface area contributed by atoms with E-state index in [2.05, 4.69) is 16.1 Å². The molecule has 0 radical (unpaired) electrons. The predicted molar refractivity (Wildman–Crippen MR) is 78.3 cm³/mol. The molecule has 2 saturated heterocycles. The molecule has 1 unspecified atom stereocenters. The summed E-state index contributed by atoms with van der Waals surface area (Å²) in [6, 6.07) is 0.307. The van der Waals surface area contributed by atoms with E-state index in [1.54, 1.807) is 0 Å². The molecule has 0 aromatic heterocycles. The number of amides is 1. The van der Waals surface area contributed by atoms with Gasteiger partial charge in [-0.25, -0.2) is 0 Å². The summed E-state index contributed by atoms with van der Waals surface area (Å²) in [4.78, 5) is 16.5. The van der Waals surface area contributed by atoms with Gasteiger partial charge in [-0.15, -0.1) is 6.42 Å². The fourth-order valence-corrected chi connectivity index (χ4v) is 2.87. The van der Waals surface area contributed by atoms with Crippen LogP contribution in [0.15, 0.2) is 0 Å². The van der Waals surface area contributed by atoms with Crippen LogP contribution in [-0.2, 0) is 9.53 Å². The van der Waals surface area contributed by atoms with Crippen LogP contribution in [0, 0.1) is 12.3 Å². The van der Waals surface area contributed by atoms with E-state index in [1.165, 1.54) is 0 Å². The number of hydrogen-bond donors (Lipinski definition) is 1. The number of terminal acetylenes is 1. The van der Waals surface area contributed by atoms with Crippen molar-refractivity contribution in [3.05, 3.63) is 0 Å². The van der Waals surface area contributed by atoms with Gasteiger partial charge in [0.15, 0.2) is 0 Å². The molecule has 0 aliphatic carbocycles. The van der Waals surface area contributed by atoms with Crippen molar-refractivity contribution in [3.8, 4) is 12.3 Å². The van der Waals surface area contributed by atoms with Gasteiger partial charge < -0.3 is 15.0 Å². The molecule has 2 rings (SSSR count). The van der Waals surface area contributed by atoms with Gasteiger partial charge in [-0.2, -0.15) is 0 Å². The number of morpholine rings is 1. The molecule has 5 heteroatoms. The maximum atomic E-state index is 12.3. The van der Waals surface area contributed by atoms with E-state index >= 15 is 0 Å². The van der Waals surface area contributed by atoms with Crippen LogP contribution < -0.4 is 5.32 Å². The van der Waals surface area contributed by atoms with E-state index in [9.17, 15) is 4.79 Å². The first-order valence-corrected chi connectivity index (χ1v) is 7.49. The minimum Gasteiger partial charge on any atom is -0.378 e. The summed E-state index contributed by atoms with van der Waals surface area (Å²) in [5, 5.41) is 3.47. The molecular formula is C15H25N3O2. The number of piperidine rings is 1. The lowest BCUT2D eigenvalue weighted by Gasteiger charge is -2.34. The first kappa shape index (κ1) is 15.3. The molecule has 112 valence electrons. The summed E-state index contributed by atoms with van der Waals surface area (Å²) in [6.07, 6.45) is 7.45. The molecule has 1 atom stereocenters. The van der Waals surface area contributed by atoms with Crippen molar-refractivity contribution in [1.29, 1.82) is 0 Å². The molecule has 20 heavy (non-hydrogen) atoms. The smallest absolute Gasteiger partial charge is 0.239 e. The van der Waals surface area contributed by atoms with Crippen LogP contribution >= 0.6 is 0 Å². The highest BCUT2D eigenvalue weighted by atomic mass is 16.5. The van der Waals surface area contributed by atoms with Crippen LogP contribution in [0.1, 0.15) is 19.8 Å². The second-order valence-corrected chi connectivity index (χ2v) is 5.58. The molecule has 1 N–H and O–H groups in total. The lowest BCUT2D eigenvalue weighted by atomic mass is 10.0. The number of rotatable bonds is 4. The van der Waals surface area contributed by atoms with Gasteiger partial charge in [-0.05, 0) is 19.8 Å². The summed E-state index contributed by atoms with van der Waals surface area (Å²) in [5.41, 5.74) is 0. The van der Waals surface area contributed by atoms with Gasteiger partial charge in [0.2, 0.25) is 5.91 Å². The van der Waals surface area contributed by atoms with Crippen LogP contribution in [0.5, 0.6) is 0 Å². The first-order valence-electron chi connectivity index (χ1n) is 7.49. The summed E-state index contributed by atoms with van der Waals surface area (Å²) >= 11 is 0. The van der Waals surface area contributed by atoms with Crippen LogP contribution in [0.25, 0.3) is 0 Å². The minimum atomic E-state index is -0.114. The topological polar surface area (TPSA) is 44.8 Å². The van der Waals surface area contributed by atoms with Gasteiger partial charge >= 0.3 is 0 Å². The molecule has 1 amide bonds. The SMILES string of the molecule is C#CCN1CCC(NC(C)C(=O)N2CCOCC2)CC1. The largest absolute Gasteiger partial charge is 0.378 e. The highest BCUT2D eigenvalue weighted by Crippen LogP contribution is 2.11. The third kappa shape index (κ3) is 4.20. The van der Waals surface area contributed by atoms with Crippen molar-refractivity contribution in [3.63, 3.8) is 0 Å². The highest BCUT2D eigenvalue weighted by molar-refractivity contribution is 5.81. The van der Waals surface area contributed by atoms with E-state index in [0.717, 1.165) is 32.5 Å². The van der Waals surface area contributed by atoms with E-state index in [0.29, 0.717) is 32.3 Å². The van der Waals surface area contributed by atoms with E-state index in [-0.39, 0.29) is 11.9 Å².